The Morgan fingerprint density at radius 3 is 2.90 bits per heavy atom. The molecule has 0 unspecified atom stereocenters. The number of hydrogen-bond acceptors (Lipinski definition) is 4. The van der Waals surface area contributed by atoms with Gasteiger partial charge in [0.1, 0.15) is 23.7 Å². The molecule has 0 atom stereocenters. The first-order valence-corrected chi connectivity index (χ1v) is 6.55. The van der Waals surface area contributed by atoms with Crippen LogP contribution in [0.2, 0.25) is 0 Å². The predicted molar refractivity (Wildman–Crippen MR) is 77.5 cm³/mol. The third kappa shape index (κ3) is 2.51. The zero-order valence-corrected chi connectivity index (χ0v) is 11.3. The van der Waals surface area contributed by atoms with Crippen LogP contribution in [-0.2, 0) is 13.2 Å². The van der Waals surface area contributed by atoms with E-state index in [9.17, 15) is 0 Å². The number of fused-ring (bicyclic) bond motifs is 1. The zero-order valence-electron chi connectivity index (χ0n) is 11.3. The molecule has 0 aliphatic heterocycles. The Balaban J connectivity index is 1.88. The third-order valence-corrected chi connectivity index (χ3v) is 3.14. The van der Waals surface area contributed by atoms with Crippen molar-refractivity contribution in [3.8, 4) is 5.75 Å². The summed E-state index contributed by atoms with van der Waals surface area (Å²) < 4.78 is 11.6. The number of benzene rings is 1. The summed E-state index contributed by atoms with van der Waals surface area (Å²) in [6.45, 7) is 1.15. The first-order valence-electron chi connectivity index (χ1n) is 6.55. The van der Waals surface area contributed by atoms with Crippen molar-refractivity contribution in [2.24, 2.45) is 0 Å². The van der Waals surface area contributed by atoms with Crippen LogP contribution in [0, 0.1) is 0 Å². The van der Waals surface area contributed by atoms with Gasteiger partial charge in [0.2, 0.25) is 0 Å². The van der Waals surface area contributed by atoms with Crippen LogP contribution in [-0.4, -0.2) is 12.0 Å². The Bertz CT molecular complexity index is 692. The summed E-state index contributed by atoms with van der Waals surface area (Å²) in [7, 11) is 1.92. The first-order chi connectivity index (χ1) is 9.88. The van der Waals surface area contributed by atoms with Crippen LogP contribution in [0.3, 0.4) is 0 Å². The molecule has 3 rings (SSSR count). The molecule has 2 heterocycles. The van der Waals surface area contributed by atoms with Gasteiger partial charge < -0.3 is 14.5 Å². The molecule has 20 heavy (non-hydrogen) atoms. The normalized spacial score (nSPS) is 10.8. The number of hydrogen-bond donors (Lipinski definition) is 1. The van der Waals surface area contributed by atoms with Crippen LogP contribution < -0.4 is 10.1 Å². The molecule has 0 aliphatic carbocycles. The van der Waals surface area contributed by atoms with Crippen LogP contribution in [0.4, 0.5) is 0 Å². The van der Waals surface area contributed by atoms with E-state index >= 15 is 0 Å². The monoisotopic (exact) mass is 268 g/mol. The summed E-state index contributed by atoms with van der Waals surface area (Å²) in [6, 6.07) is 11.8. The molecule has 0 amide bonds. The molecule has 0 radical (unpaired) electrons. The van der Waals surface area contributed by atoms with E-state index in [-0.39, 0.29) is 0 Å². The van der Waals surface area contributed by atoms with Crippen LogP contribution in [0.25, 0.3) is 11.0 Å². The molecule has 0 saturated carbocycles. The van der Waals surface area contributed by atoms with E-state index in [1.165, 1.54) is 0 Å². The summed E-state index contributed by atoms with van der Waals surface area (Å²) in [5.74, 6) is 1.59. The molecular weight excluding hydrogens is 252 g/mol. The van der Waals surface area contributed by atoms with E-state index in [1.54, 1.807) is 12.4 Å². The molecular formula is C16H16N2O2. The molecule has 3 aromatic rings. The van der Waals surface area contributed by atoms with Gasteiger partial charge in [0.05, 0.1) is 6.20 Å². The minimum Gasteiger partial charge on any atom is -0.484 e. The van der Waals surface area contributed by atoms with Gasteiger partial charge >= 0.3 is 0 Å². The molecule has 0 saturated heterocycles. The summed E-state index contributed by atoms with van der Waals surface area (Å²) in [6.07, 6.45) is 3.42. The van der Waals surface area contributed by atoms with Crippen molar-refractivity contribution in [2.45, 2.75) is 13.2 Å². The second-order valence-corrected chi connectivity index (χ2v) is 4.51. The highest BCUT2D eigenvalue weighted by Gasteiger charge is 2.13. The van der Waals surface area contributed by atoms with Gasteiger partial charge in [0.25, 0.3) is 0 Å². The lowest BCUT2D eigenvalue weighted by Gasteiger charge is -2.05. The minimum absolute atomic E-state index is 0.400. The third-order valence-electron chi connectivity index (χ3n) is 3.14. The number of pyridine rings is 1. The van der Waals surface area contributed by atoms with Crippen molar-refractivity contribution in [1.29, 1.82) is 0 Å². The van der Waals surface area contributed by atoms with Crippen LogP contribution in [0.1, 0.15) is 11.3 Å². The standard InChI is InChI=1S/C16H16N2O2/c1-17-10-14-13-6-2-3-7-15(13)20-16(14)11-19-12-5-4-8-18-9-12/h2-9,17H,10-11H2,1H3. The summed E-state index contributed by atoms with van der Waals surface area (Å²) >= 11 is 0. The Morgan fingerprint density at radius 1 is 1.20 bits per heavy atom. The van der Waals surface area contributed by atoms with Gasteiger partial charge in [-0.2, -0.15) is 0 Å². The van der Waals surface area contributed by atoms with E-state index in [0.717, 1.165) is 34.6 Å². The van der Waals surface area contributed by atoms with Gasteiger partial charge in [-0.05, 0) is 25.2 Å². The number of nitrogens with one attached hydrogen (secondary N) is 1. The molecule has 1 aromatic carbocycles. The number of ether oxygens (including phenoxy) is 1. The Morgan fingerprint density at radius 2 is 2.10 bits per heavy atom. The second-order valence-electron chi connectivity index (χ2n) is 4.51. The quantitative estimate of drug-likeness (QED) is 0.772. The van der Waals surface area contributed by atoms with Crippen molar-refractivity contribution in [2.75, 3.05) is 7.05 Å². The van der Waals surface area contributed by atoms with Crippen molar-refractivity contribution >= 4 is 11.0 Å². The Hall–Kier alpha value is -2.33. The fourth-order valence-corrected chi connectivity index (χ4v) is 2.22. The highest BCUT2D eigenvalue weighted by Crippen LogP contribution is 2.26. The fourth-order valence-electron chi connectivity index (χ4n) is 2.22. The maximum atomic E-state index is 5.89. The van der Waals surface area contributed by atoms with Crippen LogP contribution in [0.5, 0.6) is 5.75 Å². The minimum atomic E-state index is 0.400. The van der Waals surface area contributed by atoms with Crippen molar-refractivity contribution in [3.63, 3.8) is 0 Å². The highest BCUT2D eigenvalue weighted by molar-refractivity contribution is 5.82. The zero-order chi connectivity index (χ0) is 13.8. The van der Waals surface area contributed by atoms with E-state index < -0.39 is 0 Å². The van der Waals surface area contributed by atoms with Crippen molar-refractivity contribution < 1.29 is 9.15 Å². The molecule has 0 spiro atoms. The molecule has 0 bridgehead atoms. The number of nitrogens with zero attached hydrogens (tertiary/aromatic N) is 1. The highest BCUT2D eigenvalue weighted by atomic mass is 16.5. The van der Waals surface area contributed by atoms with Gasteiger partial charge in [-0.3, -0.25) is 4.98 Å². The van der Waals surface area contributed by atoms with Gasteiger partial charge in [-0.15, -0.1) is 0 Å². The van der Waals surface area contributed by atoms with E-state index in [4.69, 9.17) is 9.15 Å². The van der Waals surface area contributed by atoms with Gasteiger partial charge in [-0.1, -0.05) is 18.2 Å². The largest absolute Gasteiger partial charge is 0.484 e. The fraction of sp³-hybridized carbons (Fsp3) is 0.188. The number of aromatic nitrogens is 1. The average molecular weight is 268 g/mol. The summed E-state index contributed by atoms with van der Waals surface area (Å²) in [5.41, 5.74) is 2.04. The predicted octanol–water partition coefficient (Wildman–Crippen LogP) is 3.13. The lowest BCUT2D eigenvalue weighted by molar-refractivity contribution is 0.271. The van der Waals surface area contributed by atoms with Crippen LogP contribution >= 0.6 is 0 Å². The Kier molecular flexibility index (Phi) is 3.65. The van der Waals surface area contributed by atoms with Gasteiger partial charge in [-0.25, -0.2) is 0 Å². The van der Waals surface area contributed by atoms with Crippen molar-refractivity contribution in [3.05, 3.63) is 60.1 Å². The van der Waals surface area contributed by atoms with E-state index in [1.807, 2.05) is 37.4 Å². The topological polar surface area (TPSA) is 47.3 Å². The van der Waals surface area contributed by atoms with Crippen LogP contribution in [0.15, 0.2) is 53.2 Å². The van der Waals surface area contributed by atoms with E-state index in [0.29, 0.717) is 6.61 Å². The van der Waals surface area contributed by atoms with E-state index in [2.05, 4.69) is 16.4 Å². The number of rotatable bonds is 5. The maximum Gasteiger partial charge on any atom is 0.147 e. The molecule has 4 heteroatoms. The lowest BCUT2D eigenvalue weighted by atomic mass is 10.1. The van der Waals surface area contributed by atoms with Gasteiger partial charge in [0.15, 0.2) is 0 Å². The molecule has 102 valence electrons. The SMILES string of the molecule is CNCc1c(COc2cccnc2)oc2ccccc12. The molecule has 2 aromatic heterocycles. The number of para-hydroxylation sites is 1. The second kappa shape index (κ2) is 5.75. The number of furan rings is 1. The maximum absolute atomic E-state index is 5.89. The lowest BCUT2D eigenvalue weighted by Crippen LogP contribution is -2.07. The molecule has 1 N–H and O–H groups in total. The Labute approximate surface area is 117 Å². The molecule has 4 nitrogen and oxygen atoms in total. The smallest absolute Gasteiger partial charge is 0.147 e. The first kappa shape index (κ1) is 12.7. The van der Waals surface area contributed by atoms with Crippen molar-refractivity contribution in [1.82, 2.24) is 10.3 Å². The molecule has 0 fully saturated rings. The van der Waals surface area contributed by atoms with Gasteiger partial charge in [0, 0.05) is 23.7 Å². The summed E-state index contributed by atoms with van der Waals surface area (Å²) in [4.78, 5) is 4.03. The summed E-state index contributed by atoms with van der Waals surface area (Å²) in [5, 5.41) is 4.30. The average Bonchev–Trinajstić information content (AvgIpc) is 2.85. The molecule has 0 aliphatic rings.